The lowest BCUT2D eigenvalue weighted by atomic mass is 10.0. The molecule has 5 heteroatoms. The average Bonchev–Trinajstić information content (AvgIpc) is 2.68. The van der Waals surface area contributed by atoms with Crippen molar-refractivity contribution >= 4 is 5.91 Å². The molecule has 1 aromatic carbocycles. The highest BCUT2D eigenvalue weighted by molar-refractivity contribution is 6.00. The molecule has 0 aliphatic carbocycles. The van der Waals surface area contributed by atoms with E-state index in [1.165, 1.54) is 0 Å². The Bertz CT molecular complexity index is 525. The Morgan fingerprint density at radius 2 is 2.15 bits per heavy atom. The van der Waals surface area contributed by atoms with Crippen LogP contribution < -0.4 is 9.47 Å². The highest BCUT2D eigenvalue weighted by Gasteiger charge is 2.32. The fraction of sp³-hybridized carbons (Fsp3) is 0.533. The number of aliphatic hydroxyl groups is 1. The number of carbonyl (C=O) groups is 1. The molecule has 1 aliphatic rings. The van der Waals surface area contributed by atoms with E-state index in [9.17, 15) is 4.79 Å². The van der Waals surface area contributed by atoms with Crippen LogP contribution in [0.1, 0.15) is 35.3 Å². The van der Waals surface area contributed by atoms with E-state index in [1.54, 1.807) is 18.1 Å². The quantitative estimate of drug-likeness (QED) is 0.892. The summed E-state index contributed by atoms with van der Waals surface area (Å²) < 4.78 is 11.2. The van der Waals surface area contributed by atoms with Crippen LogP contribution in [0.25, 0.3) is 0 Å². The number of ether oxygens (including phenoxy) is 2. The Kier molecular flexibility index (Phi) is 4.18. The molecule has 0 bridgehead atoms. The molecule has 20 heavy (non-hydrogen) atoms. The van der Waals surface area contributed by atoms with Crippen LogP contribution in [-0.2, 0) is 6.54 Å². The van der Waals surface area contributed by atoms with E-state index in [4.69, 9.17) is 14.6 Å². The van der Waals surface area contributed by atoms with Crippen molar-refractivity contribution in [1.29, 1.82) is 0 Å². The molecule has 0 saturated carbocycles. The second kappa shape index (κ2) is 5.71. The van der Waals surface area contributed by atoms with Gasteiger partial charge in [0.05, 0.1) is 31.9 Å². The standard InChI is InChI=1S/C15H21NO4/c1-9(2)20-13-7-11-12(14(19-4)10(13)3)8-16(5-6-17)15(11)18/h7,9,17H,5-6,8H2,1-4H3. The number of nitrogens with zero attached hydrogens (tertiary/aromatic N) is 1. The molecule has 0 unspecified atom stereocenters. The van der Waals surface area contributed by atoms with Crippen LogP contribution in [0.2, 0.25) is 0 Å². The van der Waals surface area contributed by atoms with Gasteiger partial charge in [0.15, 0.2) is 0 Å². The van der Waals surface area contributed by atoms with Gasteiger partial charge < -0.3 is 19.5 Å². The fourth-order valence-corrected chi connectivity index (χ4v) is 2.52. The Hall–Kier alpha value is -1.75. The summed E-state index contributed by atoms with van der Waals surface area (Å²) >= 11 is 0. The lowest BCUT2D eigenvalue weighted by Gasteiger charge is -2.17. The van der Waals surface area contributed by atoms with E-state index in [0.29, 0.717) is 30.2 Å². The summed E-state index contributed by atoms with van der Waals surface area (Å²) in [4.78, 5) is 13.9. The van der Waals surface area contributed by atoms with E-state index in [2.05, 4.69) is 0 Å². The maximum absolute atomic E-state index is 12.3. The van der Waals surface area contributed by atoms with Gasteiger partial charge in [0.25, 0.3) is 5.91 Å². The van der Waals surface area contributed by atoms with Gasteiger partial charge in [-0.15, -0.1) is 0 Å². The highest BCUT2D eigenvalue weighted by Crippen LogP contribution is 2.39. The third kappa shape index (κ3) is 2.45. The Morgan fingerprint density at radius 3 is 2.70 bits per heavy atom. The van der Waals surface area contributed by atoms with Gasteiger partial charge in [-0.1, -0.05) is 0 Å². The molecule has 110 valence electrons. The molecule has 2 rings (SSSR count). The number of fused-ring (bicyclic) bond motifs is 1. The average molecular weight is 279 g/mol. The Labute approximate surface area is 119 Å². The van der Waals surface area contributed by atoms with Crippen LogP contribution >= 0.6 is 0 Å². The summed E-state index contributed by atoms with van der Waals surface area (Å²) in [5, 5.41) is 9.03. The number of amides is 1. The summed E-state index contributed by atoms with van der Waals surface area (Å²) in [5.74, 6) is 1.29. The Balaban J connectivity index is 2.48. The minimum atomic E-state index is -0.0824. The minimum absolute atomic E-state index is 0.0292. The summed E-state index contributed by atoms with van der Waals surface area (Å²) in [5.41, 5.74) is 2.38. The second-order valence-electron chi connectivity index (χ2n) is 5.18. The van der Waals surface area contributed by atoms with E-state index in [0.717, 1.165) is 11.1 Å². The first-order valence-electron chi connectivity index (χ1n) is 6.76. The van der Waals surface area contributed by atoms with Crippen molar-refractivity contribution in [3.63, 3.8) is 0 Å². The first-order chi connectivity index (χ1) is 9.49. The monoisotopic (exact) mass is 279 g/mol. The summed E-state index contributed by atoms with van der Waals surface area (Å²) in [6, 6.07) is 1.78. The second-order valence-corrected chi connectivity index (χ2v) is 5.18. The molecule has 1 aliphatic heterocycles. The van der Waals surface area contributed by atoms with Gasteiger partial charge >= 0.3 is 0 Å². The normalized spacial score (nSPS) is 13.9. The highest BCUT2D eigenvalue weighted by atomic mass is 16.5. The number of rotatable bonds is 5. The smallest absolute Gasteiger partial charge is 0.254 e. The van der Waals surface area contributed by atoms with Crippen molar-refractivity contribution in [3.05, 3.63) is 22.8 Å². The molecule has 1 amide bonds. The third-order valence-electron chi connectivity index (χ3n) is 3.39. The maximum atomic E-state index is 12.3. The molecule has 5 nitrogen and oxygen atoms in total. The zero-order valence-electron chi connectivity index (χ0n) is 12.4. The molecule has 0 atom stereocenters. The van der Waals surface area contributed by atoms with Gasteiger partial charge in [0.2, 0.25) is 0 Å². The molecular weight excluding hydrogens is 258 g/mol. The summed E-state index contributed by atoms with van der Waals surface area (Å²) in [7, 11) is 1.60. The molecule has 1 aromatic rings. The van der Waals surface area contributed by atoms with Crippen molar-refractivity contribution in [2.24, 2.45) is 0 Å². The molecule has 1 heterocycles. The zero-order valence-corrected chi connectivity index (χ0v) is 12.4. The zero-order chi connectivity index (χ0) is 14.9. The number of hydrogen-bond donors (Lipinski definition) is 1. The van der Waals surface area contributed by atoms with Crippen LogP contribution in [0.5, 0.6) is 11.5 Å². The number of methoxy groups -OCH3 is 1. The molecule has 1 N–H and O–H groups in total. The van der Waals surface area contributed by atoms with Crippen LogP contribution in [-0.4, -0.2) is 42.3 Å². The van der Waals surface area contributed by atoms with Crippen LogP contribution in [0.15, 0.2) is 6.07 Å². The number of β-amino-alcohol motifs (C(OH)–C–C–N with tert-alkyl or cyclic N) is 1. The molecule has 0 saturated heterocycles. The van der Waals surface area contributed by atoms with Crippen LogP contribution in [0, 0.1) is 6.92 Å². The third-order valence-corrected chi connectivity index (χ3v) is 3.39. The van der Waals surface area contributed by atoms with Crippen molar-refractivity contribution < 1.29 is 19.4 Å². The summed E-state index contributed by atoms with van der Waals surface area (Å²) in [6.07, 6.45) is 0.0292. The number of benzene rings is 1. The van der Waals surface area contributed by atoms with Gasteiger partial charge in [0, 0.05) is 17.7 Å². The minimum Gasteiger partial charge on any atom is -0.496 e. The van der Waals surface area contributed by atoms with E-state index in [-0.39, 0.29) is 18.6 Å². The predicted octanol–water partition coefficient (Wildman–Crippen LogP) is 1.74. The lowest BCUT2D eigenvalue weighted by Crippen LogP contribution is -2.26. The first kappa shape index (κ1) is 14.7. The van der Waals surface area contributed by atoms with Crippen molar-refractivity contribution in [2.75, 3.05) is 20.3 Å². The summed E-state index contributed by atoms with van der Waals surface area (Å²) in [6.45, 7) is 6.57. The largest absolute Gasteiger partial charge is 0.496 e. The lowest BCUT2D eigenvalue weighted by molar-refractivity contribution is 0.0745. The van der Waals surface area contributed by atoms with Gasteiger partial charge in [-0.2, -0.15) is 0 Å². The molecule has 0 spiro atoms. The van der Waals surface area contributed by atoms with E-state index >= 15 is 0 Å². The van der Waals surface area contributed by atoms with Crippen molar-refractivity contribution in [2.45, 2.75) is 33.4 Å². The molecule has 0 fully saturated rings. The predicted molar refractivity (Wildman–Crippen MR) is 75.3 cm³/mol. The van der Waals surface area contributed by atoms with Crippen LogP contribution in [0.4, 0.5) is 0 Å². The Morgan fingerprint density at radius 1 is 1.45 bits per heavy atom. The van der Waals surface area contributed by atoms with Gasteiger partial charge in [-0.25, -0.2) is 0 Å². The topological polar surface area (TPSA) is 59.0 Å². The van der Waals surface area contributed by atoms with E-state index in [1.807, 2.05) is 20.8 Å². The van der Waals surface area contributed by atoms with Crippen molar-refractivity contribution in [1.82, 2.24) is 4.90 Å². The number of carbonyl (C=O) groups excluding carboxylic acids is 1. The van der Waals surface area contributed by atoms with Gasteiger partial charge in [-0.05, 0) is 26.8 Å². The number of aliphatic hydroxyl groups excluding tert-OH is 1. The first-order valence-corrected chi connectivity index (χ1v) is 6.76. The molecular formula is C15H21NO4. The SMILES string of the molecule is COc1c(C)c(OC(C)C)cc2c1CN(CCO)C2=O. The van der Waals surface area contributed by atoms with E-state index < -0.39 is 0 Å². The molecule has 0 aromatic heterocycles. The fourth-order valence-electron chi connectivity index (χ4n) is 2.52. The number of hydrogen-bond acceptors (Lipinski definition) is 4. The van der Waals surface area contributed by atoms with Crippen molar-refractivity contribution in [3.8, 4) is 11.5 Å². The molecule has 0 radical (unpaired) electrons. The van der Waals surface area contributed by atoms with Crippen LogP contribution in [0.3, 0.4) is 0 Å². The van der Waals surface area contributed by atoms with Gasteiger partial charge in [0.1, 0.15) is 11.5 Å². The maximum Gasteiger partial charge on any atom is 0.254 e. The van der Waals surface area contributed by atoms with Gasteiger partial charge in [-0.3, -0.25) is 4.79 Å².